The third-order valence-electron chi connectivity index (χ3n) is 2.56. The molecule has 0 aliphatic carbocycles. The molecule has 0 aromatic heterocycles. The second kappa shape index (κ2) is 6.96. The van der Waals surface area contributed by atoms with Crippen molar-refractivity contribution < 1.29 is 13.9 Å². The molecule has 0 spiro atoms. The lowest BCUT2D eigenvalue weighted by Crippen LogP contribution is -2.20. The number of amides is 1. The molecule has 0 radical (unpaired) electrons. The predicted octanol–water partition coefficient (Wildman–Crippen LogP) is 3.57. The fourth-order valence-electron chi connectivity index (χ4n) is 1.55. The molecule has 0 saturated carbocycles. The maximum Gasteiger partial charge on any atom is 0.262 e. The van der Waals surface area contributed by atoms with Crippen LogP contribution in [0.1, 0.15) is 0 Å². The van der Waals surface area contributed by atoms with Gasteiger partial charge >= 0.3 is 0 Å². The van der Waals surface area contributed by atoms with Crippen molar-refractivity contribution in [3.63, 3.8) is 0 Å². The van der Waals surface area contributed by atoms with Crippen molar-refractivity contribution in [1.29, 1.82) is 0 Å². The van der Waals surface area contributed by atoms with Gasteiger partial charge in [0.15, 0.2) is 6.61 Å². The van der Waals surface area contributed by atoms with E-state index in [2.05, 4.69) is 5.32 Å². The minimum Gasteiger partial charge on any atom is -0.484 e. The number of thioether (sulfide) groups is 1. The Morgan fingerprint density at radius 2 is 1.80 bits per heavy atom. The zero-order valence-electron chi connectivity index (χ0n) is 10.9. The average Bonchev–Trinajstić information content (AvgIpc) is 2.48. The summed E-state index contributed by atoms with van der Waals surface area (Å²) in [6.07, 6.45) is 1.99. The number of carbonyl (C=O) groups is 1. The van der Waals surface area contributed by atoms with Crippen LogP contribution in [0.15, 0.2) is 53.4 Å². The lowest BCUT2D eigenvalue weighted by molar-refractivity contribution is -0.118. The third kappa shape index (κ3) is 4.28. The molecule has 3 nitrogen and oxygen atoms in total. The van der Waals surface area contributed by atoms with Crippen molar-refractivity contribution in [1.82, 2.24) is 0 Å². The molecule has 2 aromatic carbocycles. The van der Waals surface area contributed by atoms with Crippen LogP contribution in [-0.2, 0) is 4.79 Å². The maximum absolute atomic E-state index is 12.7. The van der Waals surface area contributed by atoms with E-state index in [9.17, 15) is 9.18 Å². The van der Waals surface area contributed by atoms with Gasteiger partial charge < -0.3 is 10.1 Å². The van der Waals surface area contributed by atoms with E-state index in [4.69, 9.17) is 4.74 Å². The Labute approximate surface area is 121 Å². The van der Waals surface area contributed by atoms with Gasteiger partial charge in [-0.2, -0.15) is 0 Å². The minimum absolute atomic E-state index is 0.0873. The normalized spacial score (nSPS) is 10.1. The molecule has 104 valence electrons. The highest BCUT2D eigenvalue weighted by atomic mass is 32.2. The molecule has 2 rings (SSSR count). The van der Waals surface area contributed by atoms with Gasteiger partial charge in [0.25, 0.3) is 5.91 Å². The first kappa shape index (κ1) is 14.4. The van der Waals surface area contributed by atoms with Gasteiger partial charge in [-0.1, -0.05) is 0 Å². The standard InChI is InChI=1S/C15H14FNO2S/c1-20-14-8-6-13(7-9-14)19-10-15(18)17-12-4-2-11(16)3-5-12/h2-9H,10H2,1H3,(H,17,18). The van der Waals surface area contributed by atoms with Gasteiger partial charge in [0.2, 0.25) is 0 Å². The van der Waals surface area contributed by atoms with E-state index in [1.54, 1.807) is 11.8 Å². The first-order valence-corrected chi connectivity index (χ1v) is 7.22. The Hall–Kier alpha value is -2.01. The molecule has 5 heteroatoms. The smallest absolute Gasteiger partial charge is 0.262 e. The highest BCUT2D eigenvalue weighted by Gasteiger charge is 2.04. The molecule has 0 heterocycles. The summed E-state index contributed by atoms with van der Waals surface area (Å²) in [5.41, 5.74) is 0.540. The molecule has 0 saturated heterocycles. The van der Waals surface area contributed by atoms with Crippen molar-refractivity contribution in [2.45, 2.75) is 4.90 Å². The van der Waals surface area contributed by atoms with Crippen molar-refractivity contribution in [2.75, 3.05) is 18.2 Å². The van der Waals surface area contributed by atoms with Crippen LogP contribution in [0.25, 0.3) is 0 Å². The highest BCUT2D eigenvalue weighted by Crippen LogP contribution is 2.18. The number of hydrogen-bond acceptors (Lipinski definition) is 3. The molecule has 1 N–H and O–H groups in total. The lowest BCUT2D eigenvalue weighted by Gasteiger charge is -2.08. The second-order valence-electron chi connectivity index (χ2n) is 4.02. The number of nitrogens with one attached hydrogen (secondary N) is 1. The maximum atomic E-state index is 12.7. The summed E-state index contributed by atoms with van der Waals surface area (Å²) in [6, 6.07) is 13.1. The second-order valence-corrected chi connectivity index (χ2v) is 4.90. The zero-order chi connectivity index (χ0) is 14.4. The monoisotopic (exact) mass is 291 g/mol. The SMILES string of the molecule is CSc1ccc(OCC(=O)Nc2ccc(F)cc2)cc1. The Kier molecular flexibility index (Phi) is 5.01. The summed E-state index contributed by atoms with van der Waals surface area (Å²) < 4.78 is 18.1. The summed E-state index contributed by atoms with van der Waals surface area (Å²) in [4.78, 5) is 12.8. The molecule has 1 amide bonds. The molecule has 2 aromatic rings. The van der Waals surface area contributed by atoms with Crippen molar-refractivity contribution in [3.05, 3.63) is 54.3 Å². The number of anilines is 1. The van der Waals surface area contributed by atoms with Crippen LogP contribution in [0, 0.1) is 5.82 Å². The molecule has 0 bridgehead atoms. The van der Waals surface area contributed by atoms with Gasteiger partial charge in [-0.3, -0.25) is 4.79 Å². The van der Waals surface area contributed by atoms with E-state index in [0.29, 0.717) is 11.4 Å². The largest absolute Gasteiger partial charge is 0.484 e. The number of rotatable bonds is 5. The van der Waals surface area contributed by atoms with Gasteiger partial charge in [0, 0.05) is 10.6 Å². The zero-order valence-corrected chi connectivity index (χ0v) is 11.7. The van der Waals surface area contributed by atoms with E-state index < -0.39 is 0 Å². The first-order chi connectivity index (χ1) is 9.67. The fourth-order valence-corrected chi connectivity index (χ4v) is 1.96. The van der Waals surface area contributed by atoms with Crippen LogP contribution in [0.5, 0.6) is 5.75 Å². The molecule has 20 heavy (non-hydrogen) atoms. The van der Waals surface area contributed by atoms with Crippen LogP contribution in [-0.4, -0.2) is 18.8 Å². The minimum atomic E-state index is -0.340. The summed E-state index contributed by atoms with van der Waals surface area (Å²) in [5.74, 6) is 0.00994. The van der Waals surface area contributed by atoms with Crippen molar-refractivity contribution >= 4 is 23.4 Å². The van der Waals surface area contributed by atoms with Crippen LogP contribution >= 0.6 is 11.8 Å². The van der Waals surface area contributed by atoms with E-state index in [1.165, 1.54) is 24.3 Å². The molecule has 0 aliphatic rings. The van der Waals surface area contributed by atoms with Crippen LogP contribution in [0.4, 0.5) is 10.1 Å². The topological polar surface area (TPSA) is 38.3 Å². The van der Waals surface area contributed by atoms with Crippen LogP contribution in [0.3, 0.4) is 0 Å². The Bertz CT molecular complexity index is 569. The van der Waals surface area contributed by atoms with Crippen molar-refractivity contribution in [2.24, 2.45) is 0 Å². The summed E-state index contributed by atoms with van der Waals surface area (Å²) >= 11 is 1.64. The van der Waals surface area contributed by atoms with E-state index in [1.807, 2.05) is 30.5 Å². The Balaban J connectivity index is 1.83. The third-order valence-corrected chi connectivity index (χ3v) is 3.30. The quantitative estimate of drug-likeness (QED) is 0.856. The van der Waals surface area contributed by atoms with Crippen molar-refractivity contribution in [3.8, 4) is 5.75 Å². The van der Waals surface area contributed by atoms with Gasteiger partial charge in [0.05, 0.1) is 0 Å². The van der Waals surface area contributed by atoms with Crippen LogP contribution in [0.2, 0.25) is 0 Å². The fraction of sp³-hybridized carbons (Fsp3) is 0.133. The molecule has 0 aliphatic heterocycles. The average molecular weight is 291 g/mol. The van der Waals surface area contributed by atoms with E-state index >= 15 is 0 Å². The Morgan fingerprint density at radius 1 is 1.15 bits per heavy atom. The first-order valence-electron chi connectivity index (χ1n) is 5.99. The van der Waals surface area contributed by atoms with Gasteiger partial charge in [-0.05, 0) is 54.8 Å². The molecular formula is C15H14FNO2S. The van der Waals surface area contributed by atoms with Gasteiger partial charge in [-0.15, -0.1) is 11.8 Å². The van der Waals surface area contributed by atoms with Crippen LogP contribution < -0.4 is 10.1 Å². The number of hydrogen-bond donors (Lipinski definition) is 1. The highest BCUT2D eigenvalue weighted by molar-refractivity contribution is 7.98. The number of ether oxygens (including phenoxy) is 1. The number of halogens is 1. The lowest BCUT2D eigenvalue weighted by atomic mass is 10.3. The number of carbonyl (C=O) groups excluding carboxylic acids is 1. The molecular weight excluding hydrogens is 277 g/mol. The molecule has 0 unspecified atom stereocenters. The van der Waals surface area contributed by atoms with Gasteiger partial charge in [0.1, 0.15) is 11.6 Å². The molecule has 0 atom stereocenters. The Morgan fingerprint density at radius 3 is 2.40 bits per heavy atom. The summed E-state index contributed by atoms with van der Waals surface area (Å²) in [7, 11) is 0. The summed E-state index contributed by atoms with van der Waals surface area (Å²) in [6.45, 7) is -0.0873. The van der Waals surface area contributed by atoms with Gasteiger partial charge in [-0.25, -0.2) is 4.39 Å². The van der Waals surface area contributed by atoms with E-state index in [0.717, 1.165) is 4.90 Å². The number of benzene rings is 2. The molecule has 0 fully saturated rings. The van der Waals surface area contributed by atoms with E-state index in [-0.39, 0.29) is 18.3 Å². The summed E-state index contributed by atoms with van der Waals surface area (Å²) in [5, 5.41) is 2.63. The predicted molar refractivity (Wildman–Crippen MR) is 78.7 cm³/mol.